The average Bonchev–Trinajstić information content (AvgIpc) is 3.15. The number of carbonyl (C=O) groups excluding carboxylic acids is 1. The zero-order valence-electron chi connectivity index (χ0n) is 16.3. The van der Waals surface area contributed by atoms with E-state index >= 15 is 0 Å². The second-order valence-electron chi connectivity index (χ2n) is 6.28. The van der Waals surface area contributed by atoms with Crippen molar-refractivity contribution < 1.29 is 14.3 Å². The molecule has 0 aliphatic carbocycles. The predicted molar refractivity (Wildman–Crippen MR) is 116 cm³/mol. The normalized spacial score (nSPS) is 18.0. The number of methoxy groups -OCH3 is 2. The highest BCUT2D eigenvalue weighted by Crippen LogP contribution is 2.30. The van der Waals surface area contributed by atoms with E-state index in [1.807, 2.05) is 54.6 Å². The SMILES string of the molecule is CC[C@H]1CSC(=Nc2ccc(OC)cc2)N1C(=O)/C=C/c1cccc(OC)c1. The van der Waals surface area contributed by atoms with Crippen LogP contribution in [0.2, 0.25) is 0 Å². The molecule has 0 saturated carbocycles. The molecular weight excluding hydrogens is 372 g/mol. The second-order valence-corrected chi connectivity index (χ2v) is 7.27. The Labute approximate surface area is 170 Å². The van der Waals surface area contributed by atoms with Gasteiger partial charge >= 0.3 is 0 Å². The number of benzene rings is 2. The van der Waals surface area contributed by atoms with Crippen LogP contribution >= 0.6 is 11.8 Å². The molecule has 5 nitrogen and oxygen atoms in total. The summed E-state index contributed by atoms with van der Waals surface area (Å²) in [6.45, 7) is 2.09. The summed E-state index contributed by atoms with van der Waals surface area (Å²) in [5.41, 5.74) is 1.72. The molecule has 1 atom stereocenters. The van der Waals surface area contributed by atoms with Gasteiger partial charge in [-0.25, -0.2) is 4.99 Å². The van der Waals surface area contributed by atoms with Crippen molar-refractivity contribution in [3.05, 3.63) is 60.2 Å². The summed E-state index contributed by atoms with van der Waals surface area (Å²) in [6, 6.07) is 15.3. The van der Waals surface area contributed by atoms with Crippen LogP contribution in [0.4, 0.5) is 5.69 Å². The Hall–Kier alpha value is -2.73. The average molecular weight is 397 g/mol. The molecule has 0 radical (unpaired) electrons. The molecule has 0 unspecified atom stereocenters. The van der Waals surface area contributed by atoms with Crippen LogP contribution in [-0.2, 0) is 4.79 Å². The van der Waals surface area contributed by atoms with Gasteiger partial charge in [0.1, 0.15) is 11.5 Å². The lowest BCUT2D eigenvalue weighted by Crippen LogP contribution is -2.37. The Morgan fingerprint density at radius 2 is 1.93 bits per heavy atom. The fraction of sp³-hybridized carbons (Fsp3) is 0.273. The third-order valence-corrected chi connectivity index (χ3v) is 5.59. The molecule has 1 fully saturated rings. The molecule has 2 aromatic carbocycles. The fourth-order valence-electron chi connectivity index (χ4n) is 2.89. The number of aliphatic imine (C=N–C) groups is 1. The first kappa shape index (κ1) is 20.0. The van der Waals surface area contributed by atoms with Crippen LogP contribution in [0.1, 0.15) is 18.9 Å². The molecule has 146 valence electrons. The lowest BCUT2D eigenvalue weighted by molar-refractivity contribution is -0.123. The quantitative estimate of drug-likeness (QED) is 0.661. The maximum atomic E-state index is 12.9. The van der Waals surface area contributed by atoms with E-state index < -0.39 is 0 Å². The lowest BCUT2D eigenvalue weighted by atomic mass is 10.2. The molecule has 1 aliphatic heterocycles. The molecule has 0 N–H and O–H groups in total. The highest BCUT2D eigenvalue weighted by molar-refractivity contribution is 8.14. The molecule has 1 aliphatic rings. The van der Waals surface area contributed by atoms with Crippen LogP contribution in [0.25, 0.3) is 6.08 Å². The largest absolute Gasteiger partial charge is 0.497 e. The van der Waals surface area contributed by atoms with Crippen LogP contribution in [0.5, 0.6) is 11.5 Å². The Balaban J connectivity index is 1.81. The van der Waals surface area contributed by atoms with Gasteiger partial charge in [-0.3, -0.25) is 9.69 Å². The Kier molecular flexibility index (Phi) is 6.76. The Morgan fingerprint density at radius 3 is 2.61 bits per heavy atom. The first-order chi connectivity index (χ1) is 13.6. The van der Waals surface area contributed by atoms with Gasteiger partial charge in [-0.15, -0.1) is 0 Å². The van der Waals surface area contributed by atoms with E-state index in [-0.39, 0.29) is 11.9 Å². The first-order valence-corrected chi connectivity index (χ1v) is 10.1. The van der Waals surface area contributed by atoms with E-state index in [1.165, 1.54) is 0 Å². The van der Waals surface area contributed by atoms with Crippen molar-refractivity contribution in [1.29, 1.82) is 0 Å². The van der Waals surface area contributed by atoms with Gasteiger partial charge in [0.25, 0.3) is 5.91 Å². The number of carbonyl (C=O) groups is 1. The van der Waals surface area contributed by atoms with Gasteiger partial charge in [-0.1, -0.05) is 30.8 Å². The first-order valence-electron chi connectivity index (χ1n) is 9.15. The summed E-state index contributed by atoms with van der Waals surface area (Å²) in [6.07, 6.45) is 4.30. The van der Waals surface area contributed by atoms with Crippen molar-refractivity contribution in [3.63, 3.8) is 0 Å². The Morgan fingerprint density at radius 1 is 1.18 bits per heavy atom. The highest BCUT2D eigenvalue weighted by atomic mass is 32.2. The predicted octanol–water partition coefficient (Wildman–Crippen LogP) is 4.76. The molecule has 3 rings (SSSR count). The van der Waals surface area contributed by atoms with E-state index in [0.717, 1.165) is 40.1 Å². The summed E-state index contributed by atoms with van der Waals surface area (Å²) in [7, 11) is 3.26. The molecular formula is C22H24N2O3S. The number of nitrogens with zero attached hydrogens (tertiary/aromatic N) is 2. The van der Waals surface area contributed by atoms with Crippen LogP contribution in [0.3, 0.4) is 0 Å². The van der Waals surface area contributed by atoms with Gasteiger partial charge in [0.05, 0.1) is 19.9 Å². The standard InChI is InChI=1S/C22H24N2O3S/c1-4-18-15-28-22(23-17-9-11-19(26-2)12-10-17)24(18)21(25)13-8-16-6-5-7-20(14-16)27-3/h5-14,18H,4,15H2,1-3H3/b13-8+,23-22?/t18-/m0/s1. The van der Waals surface area contributed by atoms with Crippen molar-refractivity contribution >= 4 is 34.6 Å². The zero-order valence-corrected chi connectivity index (χ0v) is 17.1. The minimum atomic E-state index is -0.0630. The molecule has 0 aromatic heterocycles. The van der Waals surface area contributed by atoms with Crippen LogP contribution in [0.15, 0.2) is 59.6 Å². The summed E-state index contributed by atoms with van der Waals surface area (Å²) >= 11 is 1.61. The van der Waals surface area contributed by atoms with Crippen LogP contribution in [0, 0.1) is 0 Å². The van der Waals surface area contributed by atoms with Crippen molar-refractivity contribution in [3.8, 4) is 11.5 Å². The minimum Gasteiger partial charge on any atom is -0.497 e. The summed E-state index contributed by atoms with van der Waals surface area (Å²) in [5.74, 6) is 2.33. The van der Waals surface area contributed by atoms with E-state index in [9.17, 15) is 4.79 Å². The summed E-state index contributed by atoms with van der Waals surface area (Å²) in [5, 5.41) is 0.734. The monoisotopic (exact) mass is 396 g/mol. The Bertz CT molecular complexity index is 878. The van der Waals surface area contributed by atoms with Crippen molar-refractivity contribution in [2.24, 2.45) is 4.99 Å². The maximum Gasteiger partial charge on any atom is 0.252 e. The van der Waals surface area contributed by atoms with E-state index in [4.69, 9.17) is 14.5 Å². The smallest absolute Gasteiger partial charge is 0.252 e. The van der Waals surface area contributed by atoms with Crippen LogP contribution in [-0.4, -0.2) is 42.0 Å². The number of hydrogen-bond acceptors (Lipinski definition) is 5. The number of amides is 1. The molecule has 1 amide bonds. The van der Waals surface area contributed by atoms with Gasteiger partial charge in [0.2, 0.25) is 0 Å². The number of thioether (sulfide) groups is 1. The van der Waals surface area contributed by atoms with Crippen molar-refractivity contribution in [2.75, 3.05) is 20.0 Å². The van der Waals surface area contributed by atoms with E-state index in [1.54, 1.807) is 37.0 Å². The molecule has 6 heteroatoms. The van der Waals surface area contributed by atoms with Gasteiger partial charge in [-0.2, -0.15) is 0 Å². The van der Waals surface area contributed by atoms with Gasteiger partial charge < -0.3 is 9.47 Å². The summed E-state index contributed by atoms with van der Waals surface area (Å²) in [4.78, 5) is 19.4. The van der Waals surface area contributed by atoms with Crippen molar-refractivity contribution in [2.45, 2.75) is 19.4 Å². The third-order valence-electron chi connectivity index (χ3n) is 4.49. The number of hydrogen-bond donors (Lipinski definition) is 0. The van der Waals surface area contributed by atoms with Crippen LogP contribution < -0.4 is 9.47 Å². The zero-order chi connectivity index (χ0) is 19.9. The summed E-state index contributed by atoms with van der Waals surface area (Å²) < 4.78 is 10.4. The fourth-order valence-corrected chi connectivity index (χ4v) is 4.17. The van der Waals surface area contributed by atoms with E-state index in [2.05, 4.69) is 6.92 Å². The van der Waals surface area contributed by atoms with Crippen molar-refractivity contribution in [1.82, 2.24) is 4.90 Å². The third kappa shape index (κ3) is 4.75. The number of ether oxygens (including phenoxy) is 2. The maximum absolute atomic E-state index is 12.9. The molecule has 1 saturated heterocycles. The molecule has 2 aromatic rings. The number of rotatable bonds is 6. The number of amidine groups is 1. The van der Waals surface area contributed by atoms with Gasteiger partial charge in [0.15, 0.2) is 5.17 Å². The lowest BCUT2D eigenvalue weighted by Gasteiger charge is -2.21. The highest BCUT2D eigenvalue weighted by Gasteiger charge is 2.32. The molecule has 28 heavy (non-hydrogen) atoms. The molecule has 1 heterocycles. The molecule has 0 spiro atoms. The minimum absolute atomic E-state index is 0.0630. The van der Waals surface area contributed by atoms with Gasteiger partial charge in [-0.05, 0) is 54.5 Å². The van der Waals surface area contributed by atoms with E-state index in [0.29, 0.717) is 0 Å². The second kappa shape index (κ2) is 9.46. The molecule has 0 bridgehead atoms. The van der Waals surface area contributed by atoms with Gasteiger partial charge in [0, 0.05) is 17.9 Å². The topological polar surface area (TPSA) is 51.1 Å².